The van der Waals surface area contributed by atoms with Gasteiger partial charge in [-0.1, -0.05) is 0 Å². The second kappa shape index (κ2) is 18.6. The highest BCUT2D eigenvalue weighted by molar-refractivity contribution is 5.49. The van der Waals surface area contributed by atoms with Crippen molar-refractivity contribution in [2.45, 2.75) is 0 Å². The average molecular weight is 583 g/mol. The molecule has 0 radical (unpaired) electrons. The van der Waals surface area contributed by atoms with E-state index in [-0.39, 0.29) is 88.9 Å². The largest absolute Gasteiger partial charge is 0.487 e. The third kappa shape index (κ3) is 12.1. The van der Waals surface area contributed by atoms with Gasteiger partial charge >= 0.3 is 0 Å². The molecular weight excluding hydrogens is 548 g/mol. The van der Waals surface area contributed by atoms with Crippen LogP contribution in [0.1, 0.15) is 0 Å². The summed E-state index contributed by atoms with van der Waals surface area (Å²) < 4.78 is 50.1. The van der Waals surface area contributed by atoms with E-state index < -0.39 is 9.85 Å². The minimum Gasteiger partial charge on any atom is -0.487 e. The van der Waals surface area contributed by atoms with Gasteiger partial charge in [-0.05, 0) is 12.1 Å². The van der Waals surface area contributed by atoms with E-state index in [1.54, 1.807) is 0 Å². The molecule has 1 heterocycles. The maximum Gasteiger partial charge on any atom is 0.273 e. The number of rotatable bonds is 2. The van der Waals surface area contributed by atoms with Crippen LogP contribution in [0.15, 0.2) is 36.4 Å². The molecule has 1 aliphatic heterocycles. The summed E-state index contributed by atoms with van der Waals surface area (Å²) in [5, 5.41) is 22.3. The summed E-state index contributed by atoms with van der Waals surface area (Å²) in [6.07, 6.45) is 0. The average Bonchev–Trinajstić information content (AvgIpc) is 2.96. The highest BCUT2D eigenvalue weighted by Gasteiger charge is 2.15. The van der Waals surface area contributed by atoms with E-state index in [2.05, 4.69) is 0 Å². The number of ether oxygens (including phenoxy) is 9. The molecule has 0 aromatic heterocycles. The highest BCUT2D eigenvalue weighted by atomic mass is 16.6. The van der Waals surface area contributed by atoms with E-state index in [0.29, 0.717) is 37.9 Å². The van der Waals surface area contributed by atoms with Gasteiger partial charge in [-0.15, -0.1) is 0 Å². The predicted molar refractivity (Wildman–Crippen MR) is 142 cm³/mol. The molecule has 0 N–H and O–H groups in total. The van der Waals surface area contributed by atoms with Gasteiger partial charge in [0.1, 0.15) is 26.4 Å². The van der Waals surface area contributed by atoms with Crippen LogP contribution in [-0.4, -0.2) is 102 Å². The summed E-state index contributed by atoms with van der Waals surface area (Å²) in [7, 11) is 0. The molecule has 15 heteroatoms. The van der Waals surface area contributed by atoms with Gasteiger partial charge in [0.25, 0.3) is 11.4 Å². The normalized spacial score (nSPS) is 17.6. The Morgan fingerprint density at radius 1 is 0.415 bits per heavy atom. The Bertz CT molecular complexity index is 1000. The van der Waals surface area contributed by atoms with Crippen molar-refractivity contribution < 1.29 is 52.5 Å². The van der Waals surface area contributed by atoms with Crippen LogP contribution in [0.4, 0.5) is 11.4 Å². The van der Waals surface area contributed by atoms with Crippen LogP contribution in [0.5, 0.6) is 23.0 Å². The first-order valence-corrected chi connectivity index (χ1v) is 13.0. The van der Waals surface area contributed by atoms with E-state index in [1.165, 1.54) is 36.4 Å². The molecule has 0 saturated carbocycles. The molecule has 1 aliphatic rings. The molecule has 0 amide bonds. The topological polar surface area (TPSA) is 169 Å². The molecular formula is C26H34N2O13. The van der Waals surface area contributed by atoms with Crippen molar-refractivity contribution in [3.05, 3.63) is 56.6 Å². The van der Waals surface area contributed by atoms with Crippen molar-refractivity contribution in [1.29, 1.82) is 0 Å². The lowest BCUT2D eigenvalue weighted by Crippen LogP contribution is -2.14. The van der Waals surface area contributed by atoms with Crippen LogP contribution in [0.25, 0.3) is 0 Å². The van der Waals surface area contributed by atoms with Crippen molar-refractivity contribution in [3.8, 4) is 23.0 Å². The van der Waals surface area contributed by atoms with Crippen LogP contribution in [0.3, 0.4) is 0 Å². The number of non-ortho nitro benzene ring substituents is 2. The Balaban J connectivity index is 1.52. The number of benzene rings is 2. The number of hydrogen-bond acceptors (Lipinski definition) is 13. The maximum absolute atomic E-state index is 11.2. The molecule has 226 valence electrons. The predicted octanol–water partition coefficient (Wildman–Crippen LogP) is 2.82. The Morgan fingerprint density at radius 2 is 0.683 bits per heavy atom. The van der Waals surface area contributed by atoms with E-state index in [9.17, 15) is 20.2 Å². The molecule has 2 aromatic rings. The first-order chi connectivity index (χ1) is 20.0. The molecule has 0 fully saturated rings. The molecule has 0 unspecified atom stereocenters. The zero-order valence-corrected chi connectivity index (χ0v) is 22.6. The van der Waals surface area contributed by atoms with Crippen molar-refractivity contribution in [2.75, 3.05) is 92.5 Å². The van der Waals surface area contributed by atoms with Gasteiger partial charge in [0.2, 0.25) is 0 Å². The molecule has 0 saturated heterocycles. The zero-order valence-electron chi connectivity index (χ0n) is 22.6. The zero-order chi connectivity index (χ0) is 29.1. The fraction of sp³-hybridized carbons (Fsp3) is 0.538. The smallest absolute Gasteiger partial charge is 0.273 e. The fourth-order valence-electron chi connectivity index (χ4n) is 3.39. The number of nitrogens with zero attached hydrogens (tertiary/aromatic N) is 2. The van der Waals surface area contributed by atoms with Gasteiger partial charge < -0.3 is 42.6 Å². The van der Waals surface area contributed by atoms with Crippen LogP contribution in [0.2, 0.25) is 0 Å². The van der Waals surface area contributed by atoms with Crippen LogP contribution in [-0.2, 0) is 23.7 Å². The first-order valence-electron chi connectivity index (χ1n) is 13.0. The van der Waals surface area contributed by atoms with Crippen molar-refractivity contribution >= 4 is 11.4 Å². The Labute approximate surface area is 236 Å². The maximum atomic E-state index is 11.2. The number of nitro groups is 2. The second-order valence-corrected chi connectivity index (χ2v) is 8.23. The Hall–Kier alpha value is -3.76. The number of fused-ring (bicyclic) bond motifs is 2. The molecule has 0 aliphatic carbocycles. The SMILES string of the molecule is O=[N+]([O-])c1ccc2c(c1)OCCOCCOCCOc1cc([N+](=O)[O-])ccc1OCCOCCOCCOCCO2. The second-order valence-electron chi connectivity index (χ2n) is 8.23. The molecule has 0 atom stereocenters. The van der Waals surface area contributed by atoms with Crippen LogP contribution >= 0.6 is 0 Å². The lowest BCUT2D eigenvalue weighted by Gasteiger charge is -2.13. The highest BCUT2D eigenvalue weighted by Crippen LogP contribution is 2.32. The quantitative estimate of drug-likeness (QED) is 0.374. The minimum atomic E-state index is -0.514. The van der Waals surface area contributed by atoms with Crippen molar-refractivity contribution in [1.82, 2.24) is 0 Å². The van der Waals surface area contributed by atoms with Gasteiger partial charge in [0, 0.05) is 12.1 Å². The molecule has 3 rings (SSSR count). The number of nitro benzene ring substituents is 2. The van der Waals surface area contributed by atoms with Gasteiger partial charge in [0.05, 0.1) is 88.0 Å². The summed E-state index contributed by atoms with van der Waals surface area (Å²) in [5.74, 6) is 1.15. The van der Waals surface area contributed by atoms with E-state index in [0.717, 1.165) is 0 Å². The van der Waals surface area contributed by atoms with E-state index in [1.807, 2.05) is 0 Å². The first kappa shape index (κ1) is 31.8. The van der Waals surface area contributed by atoms with Crippen LogP contribution in [0, 0.1) is 20.2 Å². The van der Waals surface area contributed by atoms with E-state index in [4.69, 9.17) is 42.6 Å². The Morgan fingerprint density at radius 3 is 0.976 bits per heavy atom. The van der Waals surface area contributed by atoms with Gasteiger partial charge in [-0.2, -0.15) is 0 Å². The lowest BCUT2D eigenvalue weighted by atomic mass is 10.3. The van der Waals surface area contributed by atoms with E-state index >= 15 is 0 Å². The minimum absolute atomic E-state index is 0.125. The molecule has 41 heavy (non-hydrogen) atoms. The molecule has 0 bridgehead atoms. The van der Waals surface area contributed by atoms with Gasteiger partial charge in [0.15, 0.2) is 23.0 Å². The third-order valence-electron chi connectivity index (χ3n) is 5.33. The molecule has 15 nitrogen and oxygen atoms in total. The monoisotopic (exact) mass is 582 g/mol. The van der Waals surface area contributed by atoms with Crippen molar-refractivity contribution in [3.63, 3.8) is 0 Å². The molecule has 0 spiro atoms. The van der Waals surface area contributed by atoms with Gasteiger partial charge in [-0.3, -0.25) is 20.2 Å². The van der Waals surface area contributed by atoms with Crippen molar-refractivity contribution in [2.24, 2.45) is 0 Å². The third-order valence-corrected chi connectivity index (χ3v) is 5.33. The molecule has 2 aromatic carbocycles. The fourth-order valence-corrected chi connectivity index (χ4v) is 3.39. The summed E-state index contributed by atoms with van der Waals surface area (Å²) in [4.78, 5) is 21.3. The summed E-state index contributed by atoms with van der Waals surface area (Å²) in [6.45, 7) is 3.64. The van der Waals surface area contributed by atoms with Crippen LogP contribution < -0.4 is 18.9 Å². The summed E-state index contributed by atoms with van der Waals surface area (Å²) in [6, 6.07) is 8.22. The standard InChI is InChI=1S/C26H34N2O13/c29-27(30)21-1-3-23-25(19-21)40-17-13-36-9-10-37-14-18-41-26-20-22(28(31)32)2-4-24(26)39-16-12-35-8-6-33-5-7-34-11-15-38-23/h1-4,19-20H,5-18H2. The summed E-state index contributed by atoms with van der Waals surface area (Å²) in [5.41, 5.74) is -0.249. The Kier molecular flexibility index (Phi) is 14.4. The lowest BCUT2D eigenvalue weighted by molar-refractivity contribution is -0.385. The number of hydrogen-bond donors (Lipinski definition) is 0. The van der Waals surface area contributed by atoms with Gasteiger partial charge in [-0.25, -0.2) is 0 Å². The summed E-state index contributed by atoms with van der Waals surface area (Å²) >= 11 is 0.